The maximum Gasteiger partial charge on any atom is 0.257 e. The van der Waals surface area contributed by atoms with E-state index in [1.165, 1.54) is 0 Å². The first kappa shape index (κ1) is 26.5. The summed E-state index contributed by atoms with van der Waals surface area (Å²) in [6.07, 6.45) is 3.09. The molecule has 0 saturated carbocycles. The van der Waals surface area contributed by atoms with Crippen LogP contribution >= 0.6 is 0 Å². The molecule has 0 bridgehead atoms. The molecular weight excluding hydrogens is 460 g/mol. The van der Waals surface area contributed by atoms with Crippen LogP contribution in [0.3, 0.4) is 0 Å². The Morgan fingerprint density at radius 2 is 1.54 bits per heavy atom. The number of ether oxygens (including phenoxy) is 1. The van der Waals surface area contributed by atoms with E-state index in [9.17, 15) is 9.59 Å². The number of hydrogen-bond donors (Lipinski definition) is 0. The van der Waals surface area contributed by atoms with E-state index in [-0.39, 0.29) is 23.8 Å². The van der Waals surface area contributed by atoms with Crippen molar-refractivity contribution >= 4 is 11.8 Å². The average molecular weight is 499 g/mol. The number of hydrogen-bond acceptors (Lipinski definition) is 3. The van der Waals surface area contributed by atoms with E-state index >= 15 is 0 Å². The molecule has 194 valence electrons. The van der Waals surface area contributed by atoms with E-state index in [0.717, 1.165) is 30.4 Å². The highest BCUT2D eigenvalue weighted by Crippen LogP contribution is 2.27. The molecule has 4 rings (SSSR count). The summed E-state index contributed by atoms with van der Waals surface area (Å²) >= 11 is 0. The molecule has 0 fully saturated rings. The van der Waals surface area contributed by atoms with E-state index in [2.05, 4.69) is 24.0 Å². The summed E-state index contributed by atoms with van der Waals surface area (Å²) in [4.78, 5) is 31.4. The Morgan fingerprint density at radius 1 is 0.892 bits per heavy atom. The van der Waals surface area contributed by atoms with Gasteiger partial charge in [0.15, 0.2) is 0 Å². The minimum Gasteiger partial charge on any atom is -0.491 e. The van der Waals surface area contributed by atoms with Gasteiger partial charge in [0, 0.05) is 19.6 Å². The van der Waals surface area contributed by atoms with Gasteiger partial charge in [-0.2, -0.15) is 0 Å². The van der Waals surface area contributed by atoms with E-state index in [4.69, 9.17) is 4.74 Å². The molecule has 5 heteroatoms. The smallest absolute Gasteiger partial charge is 0.257 e. The number of benzene rings is 3. The van der Waals surface area contributed by atoms with Crippen LogP contribution in [-0.4, -0.2) is 53.9 Å². The van der Waals surface area contributed by atoms with Crippen molar-refractivity contribution in [2.75, 3.05) is 26.2 Å². The van der Waals surface area contributed by atoms with Crippen molar-refractivity contribution in [2.45, 2.75) is 51.5 Å². The minimum absolute atomic E-state index is 0.00124. The Balaban J connectivity index is 1.70. The monoisotopic (exact) mass is 498 g/mol. The third kappa shape index (κ3) is 6.59. The number of para-hydroxylation sites is 1. The first-order chi connectivity index (χ1) is 18.1. The number of amides is 2. The topological polar surface area (TPSA) is 49.9 Å². The molecule has 1 unspecified atom stereocenters. The quantitative estimate of drug-likeness (QED) is 0.422. The highest BCUT2D eigenvalue weighted by Gasteiger charge is 2.31. The van der Waals surface area contributed by atoms with E-state index in [0.29, 0.717) is 44.0 Å². The molecule has 0 saturated heterocycles. The zero-order chi connectivity index (χ0) is 26.0. The van der Waals surface area contributed by atoms with Gasteiger partial charge in [0.2, 0.25) is 5.91 Å². The zero-order valence-corrected chi connectivity index (χ0v) is 22.0. The van der Waals surface area contributed by atoms with E-state index in [1.807, 2.05) is 84.6 Å². The van der Waals surface area contributed by atoms with Gasteiger partial charge in [-0.15, -0.1) is 0 Å². The van der Waals surface area contributed by atoms with Gasteiger partial charge >= 0.3 is 0 Å². The molecule has 5 nitrogen and oxygen atoms in total. The van der Waals surface area contributed by atoms with Crippen molar-refractivity contribution in [3.8, 4) is 5.75 Å². The molecule has 2 amide bonds. The maximum absolute atomic E-state index is 14.2. The first-order valence-corrected chi connectivity index (χ1v) is 13.5. The first-order valence-electron chi connectivity index (χ1n) is 13.5. The summed E-state index contributed by atoms with van der Waals surface area (Å²) in [5.41, 5.74) is 2.79. The Kier molecular flexibility index (Phi) is 9.36. The van der Waals surface area contributed by atoms with Crippen LogP contribution in [0.2, 0.25) is 0 Å². The van der Waals surface area contributed by atoms with Crippen LogP contribution in [0.5, 0.6) is 5.75 Å². The number of nitrogens with zero attached hydrogens (tertiary/aromatic N) is 2. The highest BCUT2D eigenvalue weighted by molar-refractivity contribution is 5.97. The minimum atomic E-state index is -0.201. The van der Waals surface area contributed by atoms with Crippen molar-refractivity contribution in [3.63, 3.8) is 0 Å². The van der Waals surface area contributed by atoms with Gasteiger partial charge in [0.25, 0.3) is 5.91 Å². The molecule has 0 aliphatic carbocycles. The van der Waals surface area contributed by atoms with Gasteiger partial charge in [0.05, 0.1) is 17.5 Å². The fourth-order valence-electron chi connectivity index (χ4n) is 5.17. The summed E-state index contributed by atoms with van der Waals surface area (Å²) in [5, 5.41) is 0. The lowest BCUT2D eigenvalue weighted by Gasteiger charge is -2.35. The van der Waals surface area contributed by atoms with E-state index in [1.54, 1.807) is 0 Å². The van der Waals surface area contributed by atoms with Gasteiger partial charge in [-0.05, 0) is 55.9 Å². The fraction of sp³-hybridized carbons (Fsp3) is 0.375. The van der Waals surface area contributed by atoms with Crippen LogP contribution in [-0.2, 0) is 11.2 Å². The Morgan fingerprint density at radius 3 is 2.24 bits per heavy atom. The molecule has 37 heavy (non-hydrogen) atoms. The number of carbonyl (C=O) groups excluding carboxylic acids is 2. The van der Waals surface area contributed by atoms with Gasteiger partial charge in [-0.1, -0.05) is 79.7 Å². The van der Waals surface area contributed by atoms with Crippen LogP contribution < -0.4 is 4.74 Å². The molecular formula is C32H38N2O3. The number of fused-ring (bicyclic) bond motifs is 1. The molecule has 3 aromatic carbocycles. The third-order valence-corrected chi connectivity index (χ3v) is 7.24. The second kappa shape index (κ2) is 13.1. The van der Waals surface area contributed by atoms with E-state index < -0.39 is 0 Å². The summed E-state index contributed by atoms with van der Waals surface area (Å²) in [6.45, 7) is 6.34. The van der Waals surface area contributed by atoms with Gasteiger partial charge in [0.1, 0.15) is 12.4 Å². The largest absolute Gasteiger partial charge is 0.491 e. The lowest BCUT2D eigenvalue weighted by atomic mass is 9.93. The standard InChI is InChI=1S/C32H38N2O3/c1-3-28(26-17-9-6-10-18-26)32(36)34-22-14-13-21-33(4-2)31(35)29-19-11-12-20-30(29)37-24-27(34)23-25-15-7-5-8-16-25/h5-12,15-20,27-28H,3-4,13-14,21-24H2,1-2H3/t27-,28?/m0/s1. The van der Waals surface area contributed by atoms with Crippen molar-refractivity contribution in [1.82, 2.24) is 9.80 Å². The molecule has 0 spiro atoms. The highest BCUT2D eigenvalue weighted by atomic mass is 16.5. The molecule has 0 radical (unpaired) electrons. The third-order valence-electron chi connectivity index (χ3n) is 7.24. The summed E-state index contributed by atoms with van der Waals surface area (Å²) in [6, 6.07) is 27.7. The second-order valence-corrected chi connectivity index (χ2v) is 9.65. The predicted molar refractivity (Wildman–Crippen MR) is 148 cm³/mol. The summed E-state index contributed by atoms with van der Waals surface area (Å²) in [5.74, 6) is 0.522. The van der Waals surface area contributed by atoms with Crippen LogP contribution in [0, 0.1) is 0 Å². The summed E-state index contributed by atoms with van der Waals surface area (Å²) < 4.78 is 6.37. The summed E-state index contributed by atoms with van der Waals surface area (Å²) in [7, 11) is 0. The molecule has 1 aliphatic rings. The van der Waals surface area contributed by atoms with Gasteiger partial charge < -0.3 is 14.5 Å². The van der Waals surface area contributed by atoms with Crippen molar-refractivity contribution < 1.29 is 14.3 Å². The lowest BCUT2D eigenvalue weighted by Crippen LogP contribution is -2.48. The molecule has 0 aromatic heterocycles. The molecule has 1 heterocycles. The van der Waals surface area contributed by atoms with Crippen LogP contribution in [0.25, 0.3) is 0 Å². The predicted octanol–water partition coefficient (Wildman–Crippen LogP) is 5.96. The van der Waals surface area contributed by atoms with Gasteiger partial charge in [-0.3, -0.25) is 9.59 Å². The van der Waals surface area contributed by atoms with Crippen LogP contribution in [0.1, 0.15) is 60.5 Å². The number of rotatable bonds is 6. The second-order valence-electron chi connectivity index (χ2n) is 9.65. The van der Waals surface area contributed by atoms with Crippen LogP contribution in [0.15, 0.2) is 84.9 Å². The molecule has 1 aliphatic heterocycles. The van der Waals surface area contributed by atoms with Crippen LogP contribution in [0.4, 0.5) is 0 Å². The Bertz CT molecular complexity index is 1150. The fourth-order valence-corrected chi connectivity index (χ4v) is 5.17. The zero-order valence-electron chi connectivity index (χ0n) is 22.0. The Labute approximate surface area is 221 Å². The maximum atomic E-state index is 14.2. The SMILES string of the molecule is CCC(C(=O)N1CCCCN(CC)C(=O)c2ccccc2OC[C@@H]1Cc1ccccc1)c1ccccc1. The lowest BCUT2D eigenvalue weighted by molar-refractivity contribution is -0.136. The number of carbonyl (C=O) groups is 2. The van der Waals surface area contributed by atoms with Crippen molar-refractivity contribution in [1.29, 1.82) is 0 Å². The molecule has 0 N–H and O–H groups in total. The van der Waals surface area contributed by atoms with Gasteiger partial charge in [-0.25, -0.2) is 0 Å². The van der Waals surface area contributed by atoms with Crippen molar-refractivity contribution in [3.05, 3.63) is 102 Å². The molecule has 3 aromatic rings. The normalized spacial score (nSPS) is 17.7. The van der Waals surface area contributed by atoms with Crippen molar-refractivity contribution in [2.24, 2.45) is 0 Å². The average Bonchev–Trinajstić information content (AvgIpc) is 2.94. The molecule has 2 atom stereocenters. The Hall–Kier alpha value is -3.60.